The van der Waals surface area contributed by atoms with E-state index >= 15 is 0 Å². The van der Waals surface area contributed by atoms with Crippen molar-refractivity contribution in [3.63, 3.8) is 0 Å². The molecule has 0 unspecified atom stereocenters. The molecule has 0 aliphatic heterocycles. The Morgan fingerprint density at radius 2 is 1.62 bits per heavy atom. The first-order valence-corrected chi connectivity index (χ1v) is 8.77. The normalized spacial score (nSPS) is 47.0. The number of rotatable bonds is 4. The van der Waals surface area contributed by atoms with Gasteiger partial charge in [0.2, 0.25) is 0 Å². The summed E-state index contributed by atoms with van der Waals surface area (Å²) in [5, 5.41) is 6.48. The van der Waals surface area contributed by atoms with Crippen molar-refractivity contribution in [3.05, 3.63) is 0 Å². The quantitative estimate of drug-likeness (QED) is 0.837. The van der Waals surface area contributed by atoms with Gasteiger partial charge in [-0.3, -0.25) is 0 Å². The van der Waals surface area contributed by atoms with E-state index in [9.17, 15) is 4.79 Å². The predicted molar refractivity (Wildman–Crippen MR) is 81.0 cm³/mol. The molecule has 0 atom stereocenters. The second kappa shape index (κ2) is 5.15. The molecule has 21 heavy (non-hydrogen) atoms. The fraction of sp³-hybridized carbons (Fsp3) is 0.941. The second-order valence-corrected chi connectivity index (χ2v) is 8.25. The molecule has 0 heterocycles. The maximum absolute atomic E-state index is 12.2. The van der Waals surface area contributed by atoms with Crippen molar-refractivity contribution in [2.75, 3.05) is 13.6 Å². The molecule has 0 spiro atoms. The molecule has 5 aliphatic carbocycles. The molecular formula is C17H28N2O2. The highest BCUT2D eigenvalue weighted by Crippen LogP contribution is 2.55. The summed E-state index contributed by atoms with van der Waals surface area (Å²) in [5.74, 6) is 3.27. The van der Waals surface area contributed by atoms with E-state index in [1.807, 2.05) is 7.05 Å². The lowest BCUT2D eigenvalue weighted by atomic mass is 9.53. The highest BCUT2D eigenvalue weighted by Gasteiger charge is 2.52. The van der Waals surface area contributed by atoms with E-state index in [-0.39, 0.29) is 17.7 Å². The first-order chi connectivity index (χ1) is 10.1. The molecule has 0 radical (unpaired) electrons. The van der Waals surface area contributed by atoms with E-state index < -0.39 is 0 Å². The number of amides is 1. The van der Waals surface area contributed by atoms with Crippen molar-refractivity contribution in [1.82, 2.24) is 10.6 Å². The van der Waals surface area contributed by atoms with Crippen LogP contribution in [0.3, 0.4) is 0 Å². The molecule has 5 aliphatic rings. The predicted octanol–water partition coefficient (Wildman–Crippen LogP) is 2.68. The van der Waals surface area contributed by atoms with Gasteiger partial charge in [-0.2, -0.15) is 0 Å². The van der Waals surface area contributed by atoms with Crippen LogP contribution in [0.5, 0.6) is 0 Å². The molecule has 0 saturated heterocycles. The van der Waals surface area contributed by atoms with Gasteiger partial charge < -0.3 is 15.4 Å². The lowest BCUT2D eigenvalue weighted by molar-refractivity contribution is -0.0309. The van der Waals surface area contributed by atoms with Gasteiger partial charge in [-0.15, -0.1) is 0 Å². The van der Waals surface area contributed by atoms with Crippen molar-refractivity contribution >= 4 is 6.09 Å². The molecule has 5 rings (SSSR count). The molecule has 2 N–H and O–H groups in total. The minimum Gasteiger partial charge on any atom is -0.446 e. The summed E-state index contributed by atoms with van der Waals surface area (Å²) in [6.45, 7) is 1.04. The van der Waals surface area contributed by atoms with Gasteiger partial charge in [0.1, 0.15) is 6.10 Å². The number of ether oxygens (including phenoxy) is 1. The van der Waals surface area contributed by atoms with E-state index in [0.717, 1.165) is 37.1 Å². The largest absolute Gasteiger partial charge is 0.446 e. The Balaban J connectivity index is 1.29. The fourth-order valence-corrected chi connectivity index (χ4v) is 5.89. The molecule has 0 aromatic carbocycles. The summed E-state index contributed by atoms with van der Waals surface area (Å²) in [6.07, 6.45) is 9.86. The van der Waals surface area contributed by atoms with Crippen molar-refractivity contribution in [1.29, 1.82) is 0 Å². The molecule has 118 valence electrons. The zero-order valence-corrected chi connectivity index (χ0v) is 13.1. The first kappa shape index (κ1) is 13.9. The fourth-order valence-electron chi connectivity index (χ4n) is 5.89. The van der Waals surface area contributed by atoms with E-state index in [1.165, 1.54) is 38.5 Å². The molecule has 4 heteroatoms. The Bertz CT molecular complexity index is 382. The zero-order valence-electron chi connectivity index (χ0n) is 13.1. The summed E-state index contributed by atoms with van der Waals surface area (Å²) >= 11 is 0. The molecule has 4 bridgehead atoms. The summed E-state index contributed by atoms with van der Waals surface area (Å²) in [5.41, 5.74) is 0.0833. The molecule has 4 nitrogen and oxygen atoms in total. The van der Waals surface area contributed by atoms with Crippen LogP contribution >= 0.6 is 0 Å². The van der Waals surface area contributed by atoms with Crippen LogP contribution in [0.15, 0.2) is 0 Å². The average molecular weight is 292 g/mol. The highest BCUT2D eigenvalue weighted by molar-refractivity contribution is 5.68. The number of nitrogens with one attached hydrogen (secondary N) is 2. The lowest BCUT2D eigenvalue weighted by Crippen LogP contribution is -2.60. The summed E-state index contributed by atoms with van der Waals surface area (Å²) < 4.78 is 5.62. The van der Waals surface area contributed by atoms with Crippen LogP contribution < -0.4 is 10.6 Å². The Kier molecular flexibility index (Phi) is 3.40. The number of alkyl carbamates (subject to hydrolysis) is 1. The van der Waals surface area contributed by atoms with Gasteiger partial charge in [0.15, 0.2) is 0 Å². The standard InChI is InChI=1S/C17H28N2O2/c1-18-10-14-5-15(6-14)21-16(20)19-17-7-11-2-12(8-17)4-13(3-11)9-17/h11-15,18H,2-10H2,1H3,(H,19,20). The second-order valence-electron chi connectivity index (χ2n) is 8.25. The Labute approximate surface area is 127 Å². The van der Waals surface area contributed by atoms with Crippen LogP contribution in [0.4, 0.5) is 4.79 Å². The van der Waals surface area contributed by atoms with Crippen molar-refractivity contribution in [2.45, 2.75) is 63.0 Å². The summed E-state index contributed by atoms with van der Waals surface area (Å²) in [4.78, 5) is 12.2. The molecule has 0 aromatic rings. The smallest absolute Gasteiger partial charge is 0.407 e. The first-order valence-electron chi connectivity index (χ1n) is 8.77. The van der Waals surface area contributed by atoms with Crippen molar-refractivity contribution in [2.24, 2.45) is 23.7 Å². The minimum absolute atomic E-state index is 0.0833. The van der Waals surface area contributed by atoms with Gasteiger partial charge in [0, 0.05) is 5.54 Å². The van der Waals surface area contributed by atoms with Crippen molar-refractivity contribution in [3.8, 4) is 0 Å². The number of carbonyl (C=O) groups excluding carboxylic acids is 1. The topological polar surface area (TPSA) is 50.4 Å². The van der Waals surface area contributed by atoms with Gasteiger partial charge in [-0.25, -0.2) is 4.79 Å². The van der Waals surface area contributed by atoms with Gasteiger partial charge in [0.25, 0.3) is 0 Å². The van der Waals surface area contributed by atoms with E-state index in [2.05, 4.69) is 10.6 Å². The number of hydrogen-bond acceptors (Lipinski definition) is 3. The van der Waals surface area contributed by atoms with Gasteiger partial charge in [-0.05, 0) is 88.6 Å². The van der Waals surface area contributed by atoms with Crippen molar-refractivity contribution < 1.29 is 9.53 Å². The minimum atomic E-state index is -0.148. The highest BCUT2D eigenvalue weighted by atomic mass is 16.6. The van der Waals surface area contributed by atoms with Gasteiger partial charge in [0.05, 0.1) is 0 Å². The molecule has 5 fully saturated rings. The SMILES string of the molecule is CNCC1CC(OC(=O)NC23CC4CC(CC(C4)C2)C3)C1. The number of hydrogen-bond donors (Lipinski definition) is 2. The van der Waals surface area contributed by atoms with Crippen LogP contribution in [-0.4, -0.2) is 31.3 Å². The maximum Gasteiger partial charge on any atom is 0.407 e. The third-order valence-electron chi connectivity index (χ3n) is 6.36. The monoisotopic (exact) mass is 292 g/mol. The third kappa shape index (κ3) is 2.67. The summed E-state index contributed by atoms with van der Waals surface area (Å²) in [7, 11) is 1.98. The van der Waals surface area contributed by atoms with Crippen LogP contribution in [-0.2, 0) is 4.74 Å². The lowest BCUT2D eigenvalue weighted by Gasteiger charge is -2.56. The van der Waals surface area contributed by atoms with E-state index in [4.69, 9.17) is 4.74 Å². The molecular weight excluding hydrogens is 264 g/mol. The van der Waals surface area contributed by atoms with Crippen LogP contribution in [0, 0.1) is 23.7 Å². The van der Waals surface area contributed by atoms with Crippen LogP contribution in [0.2, 0.25) is 0 Å². The molecule has 0 aromatic heterocycles. The van der Waals surface area contributed by atoms with E-state index in [1.54, 1.807) is 0 Å². The Hall–Kier alpha value is -0.770. The Morgan fingerprint density at radius 1 is 1.05 bits per heavy atom. The third-order valence-corrected chi connectivity index (χ3v) is 6.36. The van der Waals surface area contributed by atoms with Crippen LogP contribution in [0.1, 0.15) is 51.4 Å². The number of carbonyl (C=O) groups is 1. The van der Waals surface area contributed by atoms with E-state index in [0.29, 0.717) is 5.92 Å². The van der Waals surface area contributed by atoms with Gasteiger partial charge >= 0.3 is 6.09 Å². The maximum atomic E-state index is 12.2. The van der Waals surface area contributed by atoms with Gasteiger partial charge in [-0.1, -0.05) is 0 Å². The molecule has 5 saturated carbocycles. The molecule has 1 amide bonds. The average Bonchev–Trinajstić information content (AvgIpc) is 2.33. The zero-order chi connectivity index (χ0) is 14.4. The summed E-state index contributed by atoms with van der Waals surface area (Å²) in [6, 6.07) is 0. The van der Waals surface area contributed by atoms with Crippen LogP contribution in [0.25, 0.3) is 0 Å². The Morgan fingerprint density at radius 3 is 2.14 bits per heavy atom.